The van der Waals surface area contributed by atoms with Crippen molar-refractivity contribution in [1.82, 2.24) is 15.0 Å². The predicted octanol–water partition coefficient (Wildman–Crippen LogP) is 3.08. The fourth-order valence-electron chi connectivity index (χ4n) is 3.57. The van der Waals surface area contributed by atoms with Gasteiger partial charge in [-0.1, -0.05) is 0 Å². The van der Waals surface area contributed by atoms with E-state index in [9.17, 15) is 31.1 Å². The second-order valence-electron chi connectivity index (χ2n) is 8.21. The van der Waals surface area contributed by atoms with Gasteiger partial charge in [0.25, 0.3) is 0 Å². The van der Waals surface area contributed by atoms with Crippen LogP contribution in [0.25, 0.3) is 0 Å². The zero-order valence-electron chi connectivity index (χ0n) is 19.1. The number of aryl methyl sites for hydroxylation is 1. The molecule has 2 aliphatic heterocycles. The topological polar surface area (TPSA) is 137 Å². The van der Waals surface area contributed by atoms with Crippen molar-refractivity contribution in [2.75, 3.05) is 29.4 Å². The number of carboxylic acids is 2. The third-order valence-electron chi connectivity index (χ3n) is 5.25. The average molecular weight is 537 g/mol. The van der Waals surface area contributed by atoms with Gasteiger partial charge in [0.05, 0.1) is 11.9 Å². The average Bonchev–Trinajstić information content (AvgIpc) is 3.36. The first-order chi connectivity index (χ1) is 17.0. The van der Waals surface area contributed by atoms with Gasteiger partial charge >= 0.3 is 24.3 Å². The second-order valence-corrected chi connectivity index (χ2v) is 8.21. The van der Waals surface area contributed by atoms with E-state index in [4.69, 9.17) is 19.8 Å². The molecule has 10 nitrogen and oxygen atoms in total. The number of rotatable bonds is 2. The van der Waals surface area contributed by atoms with Crippen LogP contribution in [0, 0.1) is 12.3 Å². The summed E-state index contributed by atoms with van der Waals surface area (Å²) >= 11 is 0. The van der Waals surface area contributed by atoms with Crippen molar-refractivity contribution < 1.29 is 50.9 Å². The molecule has 2 fully saturated rings. The molecule has 37 heavy (non-hydrogen) atoms. The van der Waals surface area contributed by atoms with Gasteiger partial charge in [0, 0.05) is 50.1 Å². The van der Waals surface area contributed by atoms with Crippen LogP contribution in [-0.2, 0) is 14.4 Å². The summed E-state index contributed by atoms with van der Waals surface area (Å²) in [5.41, 5.74) is 1.95. The number of aliphatic carboxylic acids is 2. The first kappa shape index (κ1) is 29.3. The van der Waals surface area contributed by atoms with Gasteiger partial charge in [-0.25, -0.2) is 19.6 Å². The highest BCUT2D eigenvalue weighted by Gasteiger charge is 2.48. The van der Waals surface area contributed by atoms with E-state index in [-0.39, 0.29) is 11.3 Å². The Morgan fingerprint density at radius 2 is 1.51 bits per heavy atom. The molecule has 16 heteroatoms. The first-order valence-corrected chi connectivity index (χ1v) is 10.4. The number of carbonyl (C=O) groups excluding carboxylic acids is 1. The third kappa shape index (κ3) is 8.28. The molecule has 1 spiro atoms. The molecule has 0 aliphatic carbocycles. The lowest BCUT2D eigenvalue weighted by atomic mass is 9.86. The Balaban J connectivity index is 0.000000286. The van der Waals surface area contributed by atoms with Crippen LogP contribution in [0.15, 0.2) is 36.9 Å². The number of nitrogens with zero attached hydrogens (tertiary/aromatic N) is 5. The van der Waals surface area contributed by atoms with Crippen molar-refractivity contribution in [3.8, 4) is 0 Å². The van der Waals surface area contributed by atoms with Crippen LogP contribution >= 0.6 is 0 Å². The van der Waals surface area contributed by atoms with E-state index in [0.717, 1.165) is 43.3 Å². The SMILES string of the molecule is Cc1cnc(N2CCC3(CC(=O)N(c4cccnc4)C3)C2)nc1.O=C(O)C(F)(F)F.O=C(O)C(F)(F)F. The Hall–Kier alpha value is -3.98. The number of amides is 1. The molecule has 1 atom stereocenters. The quantitative estimate of drug-likeness (QED) is 0.554. The monoisotopic (exact) mass is 537 g/mol. The van der Waals surface area contributed by atoms with Crippen molar-refractivity contribution in [2.24, 2.45) is 5.41 Å². The maximum atomic E-state index is 12.5. The van der Waals surface area contributed by atoms with Gasteiger partial charge in [0.1, 0.15) is 0 Å². The Bertz CT molecular complexity index is 1070. The molecular formula is C21H21F6N5O5. The molecule has 2 aliphatic rings. The summed E-state index contributed by atoms with van der Waals surface area (Å²) < 4.78 is 63.5. The summed E-state index contributed by atoms with van der Waals surface area (Å²) in [5, 5.41) is 14.2. The maximum Gasteiger partial charge on any atom is 0.490 e. The molecule has 4 rings (SSSR count). The number of anilines is 2. The van der Waals surface area contributed by atoms with Gasteiger partial charge in [-0.05, 0) is 31.0 Å². The molecule has 0 radical (unpaired) electrons. The molecule has 0 aromatic carbocycles. The number of alkyl halides is 6. The smallest absolute Gasteiger partial charge is 0.475 e. The molecular weight excluding hydrogens is 516 g/mol. The number of pyridine rings is 1. The van der Waals surface area contributed by atoms with E-state index in [1.807, 2.05) is 36.4 Å². The number of carbonyl (C=O) groups is 3. The second kappa shape index (κ2) is 11.4. The first-order valence-electron chi connectivity index (χ1n) is 10.4. The lowest BCUT2D eigenvalue weighted by Crippen LogP contribution is -2.31. The van der Waals surface area contributed by atoms with Crippen molar-refractivity contribution in [3.05, 3.63) is 42.5 Å². The van der Waals surface area contributed by atoms with Gasteiger partial charge < -0.3 is 20.0 Å². The van der Waals surface area contributed by atoms with Gasteiger partial charge in [-0.2, -0.15) is 26.3 Å². The molecule has 0 saturated carbocycles. The van der Waals surface area contributed by atoms with Gasteiger partial charge in [-0.15, -0.1) is 0 Å². The standard InChI is InChI=1S/C17H19N5O.2C2HF3O2/c1-13-8-19-16(20-9-13)21-6-4-17(11-21)7-15(23)22(12-17)14-3-2-5-18-10-14;2*3-2(4,5)1(6)7/h2-3,5,8-10H,4,6-7,11-12H2,1H3;2*(H,6,7). The maximum absolute atomic E-state index is 12.5. The summed E-state index contributed by atoms with van der Waals surface area (Å²) in [5.74, 6) is -4.57. The number of hydrogen-bond donors (Lipinski definition) is 2. The molecule has 2 saturated heterocycles. The minimum atomic E-state index is -5.08. The number of aromatic nitrogens is 3. The highest BCUT2D eigenvalue weighted by molar-refractivity contribution is 5.96. The molecule has 1 amide bonds. The highest BCUT2D eigenvalue weighted by Crippen LogP contribution is 2.42. The number of carboxylic acid groups (broad SMARTS) is 2. The summed E-state index contributed by atoms with van der Waals surface area (Å²) in [6.07, 6.45) is -1.42. The summed E-state index contributed by atoms with van der Waals surface area (Å²) in [4.78, 5) is 47.3. The van der Waals surface area contributed by atoms with Crippen molar-refractivity contribution in [1.29, 1.82) is 0 Å². The van der Waals surface area contributed by atoms with Gasteiger partial charge in [0.15, 0.2) is 0 Å². The van der Waals surface area contributed by atoms with Crippen LogP contribution in [-0.4, -0.2) is 75.0 Å². The molecule has 202 valence electrons. The molecule has 0 bridgehead atoms. The lowest BCUT2D eigenvalue weighted by Gasteiger charge is -2.24. The largest absolute Gasteiger partial charge is 0.490 e. The Labute approximate surface area is 205 Å². The van der Waals surface area contributed by atoms with Crippen molar-refractivity contribution >= 4 is 29.5 Å². The summed E-state index contributed by atoms with van der Waals surface area (Å²) in [6, 6.07) is 3.81. The van der Waals surface area contributed by atoms with Crippen LogP contribution in [0.2, 0.25) is 0 Å². The van der Waals surface area contributed by atoms with Crippen molar-refractivity contribution in [2.45, 2.75) is 32.1 Å². The van der Waals surface area contributed by atoms with Crippen LogP contribution < -0.4 is 9.80 Å². The third-order valence-corrected chi connectivity index (χ3v) is 5.25. The lowest BCUT2D eigenvalue weighted by molar-refractivity contribution is -0.193. The molecule has 4 heterocycles. The van der Waals surface area contributed by atoms with Crippen LogP contribution in [0.4, 0.5) is 38.0 Å². The van der Waals surface area contributed by atoms with Crippen LogP contribution in [0.3, 0.4) is 0 Å². The predicted molar refractivity (Wildman–Crippen MR) is 115 cm³/mol. The number of hydrogen-bond acceptors (Lipinski definition) is 7. The number of halogens is 6. The molecule has 2 aromatic rings. The fourth-order valence-corrected chi connectivity index (χ4v) is 3.57. The Kier molecular flexibility index (Phi) is 9.00. The van der Waals surface area contributed by atoms with Gasteiger partial charge in [-0.3, -0.25) is 9.78 Å². The molecule has 2 aromatic heterocycles. The minimum Gasteiger partial charge on any atom is -0.475 e. The zero-order chi connectivity index (χ0) is 28.0. The van der Waals surface area contributed by atoms with Gasteiger partial charge in [0.2, 0.25) is 11.9 Å². The van der Waals surface area contributed by atoms with E-state index >= 15 is 0 Å². The summed E-state index contributed by atoms with van der Waals surface area (Å²) in [6.45, 7) is 4.46. The van der Waals surface area contributed by atoms with E-state index in [1.165, 1.54) is 0 Å². The van der Waals surface area contributed by atoms with E-state index in [0.29, 0.717) is 6.42 Å². The van der Waals surface area contributed by atoms with E-state index in [2.05, 4.69) is 19.9 Å². The minimum absolute atomic E-state index is 0.00116. The highest BCUT2D eigenvalue weighted by atomic mass is 19.4. The van der Waals surface area contributed by atoms with E-state index < -0.39 is 24.3 Å². The van der Waals surface area contributed by atoms with Crippen LogP contribution in [0.1, 0.15) is 18.4 Å². The Morgan fingerprint density at radius 1 is 0.973 bits per heavy atom. The molecule has 2 N–H and O–H groups in total. The normalized spacial score (nSPS) is 19.2. The zero-order valence-corrected chi connectivity index (χ0v) is 19.1. The van der Waals surface area contributed by atoms with Crippen LogP contribution in [0.5, 0.6) is 0 Å². The fraction of sp³-hybridized carbons (Fsp3) is 0.429. The van der Waals surface area contributed by atoms with Crippen molar-refractivity contribution in [3.63, 3.8) is 0 Å². The molecule has 1 unspecified atom stereocenters. The Morgan fingerprint density at radius 3 is 1.97 bits per heavy atom. The summed E-state index contributed by atoms with van der Waals surface area (Å²) in [7, 11) is 0. The van der Waals surface area contributed by atoms with E-state index in [1.54, 1.807) is 12.4 Å².